The molecule has 1 aromatic carbocycles. The molecule has 0 spiro atoms. The van der Waals surface area contributed by atoms with Crippen LogP contribution in [0, 0.1) is 6.92 Å². The number of aliphatic hydroxyl groups excluding tert-OH is 1. The molecule has 1 heterocycles. The average molecular weight is 267 g/mol. The zero-order chi connectivity index (χ0) is 12.3. The van der Waals surface area contributed by atoms with E-state index in [0.29, 0.717) is 10.1 Å². The Hall–Kier alpha value is -1.04. The summed E-state index contributed by atoms with van der Waals surface area (Å²) in [6, 6.07) is 7.48. The Morgan fingerprint density at radius 3 is 2.47 bits per heavy atom. The van der Waals surface area contributed by atoms with Crippen LogP contribution in [0.4, 0.5) is 0 Å². The number of aliphatic hydroxyl groups is 1. The maximum absolute atomic E-state index is 12.0. The molecule has 1 N–H and O–H groups in total. The molecule has 1 unspecified atom stereocenters. The third-order valence-electron chi connectivity index (χ3n) is 2.30. The molecule has 3 nitrogen and oxygen atoms in total. The molecule has 2 rings (SSSR count). The summed E-state index contributed by atoms with van der Waals surface area (Å²) in [5.74, 6) is 0.471. The predicted octanol–water partition coefficient (Wildman–Crippen LogP) is 2.25. The van der Waals surface area contributed by atoms with E-state index in [1.165, 1.54) is 11.3 Å². The van der Waals surface area contributed by atoms with Crippen molar-refractivity contribution in [2.75, 3.05) is 0 Å². The first-order valence-corrected chi connectivity index (χ1v) is 7.38. The minimum absolute atomic E-state index is 0.0368. The van der Waals surface area contributed by atoms with Crippen LogP contribution in [0.3, 0.4) is 0 Å². The van der Waals surface area contributed by atoms with Gasteiger partial charge in [0, 0.05) is 11.1 Å². The first kappa shape index (κ1) is 12.4. The second-order valence-corrected chi connectivity index (χ2v) is 6.20. The number of rotatable bonds is 4. The van der Waals surface area contributed by atoms with Gasteiger partial charge in [-0.1, -0.05) is 24.3 Å². The van der Waals surface area contributed by atoms with Gasteiger partial charge >= 0.3 is 0 Å². The molecule has 0 aliphatic carbocycles. The molecule has 17 heavy (non-hydrogen) atoms. The lowest BCUT2D eigenvalue weighted by atomic mass is 10.2. The van der Waals surface area contributed by atoms with E-state index in [0.717, 1.165) is 16.8 Å². The Bertz CT molecular complexity index is 520. The Kier molecular flexibility index (Phi) is 4.04. The Labute approximate surface area is 107 Å². The number of thiazole rings is 1. The number of hydrogen-bond donors (Lipinski definition) is 1. The lowest BCUT2D eigenvalue weighted by Gasteiger charge is -2.01. The van der Waals surface area contributed by atoms with Crippen molar-refractivity contribution in [1.29, 1.82) is 0 Å². The van der Waals surface area contributed by atoms with Gasteiger partial charge in [0.05, 0.1) is 23.2 Å². The number of aromatic nitrogens is 1. The maximum atomic E-state index is 12.0. The van der Waals surface area contributed by atoms with Gasteiger partial charge in [0.15, 0.2) is 4.34 Å². The smallest absolute Gasteiger partial charge is 0.181 e. The topological polar surface area (TPSA) is 50.2 Å². The van der Waals surface area contributed by atoms with Crippen LogP contribution >= 0.6 is 11.3 Å². The summed E-state index contributed by atoms with van der Waals surface area (Å²) in [6.07, 6.45) is 0. The highest BCUT2D eigenvalue weighted by Gasteiger charge is 2.08. The number of hydrogen-bond acceptors (Lipinski definition) is 4. The molecule has 0 saturated carbocycles. The highest BCUT2D eigenvalue weighted by molar-refractivity contribution is 7.86. The van der Waals surface area contributed by atoms with Gasteiger partial charge in [-0.25, -0.2) is 4.98 Å². The fourth-order valence-electron chi connectivity index (χ4n) is 1.39. The van der Waals surface area contributed by atoms with E-state index < -0.39 is 10.8 Å². The molecule has 0 aliphatic heterocycles. The van der Waals surface area contributed by atoms with Crippen LogP contribution < -0.4 is 0 Å². The molecule has 0 saturated heterocycles. The maximum Gasteiger partial charge on any atom is 0.181 e. The minimum Gasteiger partial charge on any atom is -0.392 e. The van der Waals surface area contributed by atoms with Gasteiger partial charge in [-0.15, -0.1) is 11.3 Å². The summed E-state index contributed by atoms with van der Waals surface area (Å²) in [5, 5.41) is 10.8. The summed E-state index contributed by atoms with van der Waals surface area (Å²) in [4.78, 5) is 4.22. The summed E-state index contributed by atoms with van der Waals surface area (Å²) in [5.41, 5.74) is 2.77. The van der Waals surface area contributed by atoms with E-state index in [2.05, 4.69) is 4.98 Å². The van der Waals surface area contributed by atoms with Crippen molar-refractivity contribution in [2.45, 2.75) is 23.6 Å². The number of nitrogens with zero attached hydrogens (tertiary/aromatic N) is 1. The summed E-state index contributed by atoms with van der Waals surface area (Å²) in [6.45, 7) is 1.93. The Morgan fingerprint density at radius 2 is 1.94 bits per heavy atom. The molecular weight excluding hydrogens is 254 g/mol. The van der Waals surface area contributed by atoms with Gasteiger partial charge in [0.25, 0.3) is 0 Å². The molecule has 1 atom stereocenters. The van der Waals surface area contributed by atoms with Crippen molar-refractivity contribution in [3.8, 4) is 0 Å². The van der Waals surface area contributed by atoms with Gasteiger partial charge in [-0.3, -0.25) is 4.21 Å². The Balaban J connectivity index is 2.07. The fourth-order valence-corrected chi connectivity index (χ4v) is 3.53. The van der Waals surface area contributed by atoms with E-state index in [1.807, 2.05) is 36.6 Å². The van der Waals surface area contributed by atoms with Crippen molar-refractivity contribution >= 4 is 22.1 Å². The average Bonchev–Trinajstić information content (AvgIpc) is 2.77. The SMILES string of the molecule is Cc1csc(S(=O)Cc2ccc(CO)cc2)n1. The van der Waals surface area contributed by atoms with Crippen LogP contribution in [0.5, 0.6) is 0 Å². The van der Waals surface area contributed by atoms with Crippen LogP contribution in [0.25, 0.3) is 0 Å². The fraction of sp³-hybridized carbons (Fsp3) is 0.250. The van der Waals surface area contributed by atoms with Crippen molar-refractivity contribution in [2.24, 2.45) is 0 Å². The van der Waals surface area contributed by atoms with Crippen LogP contribution in [0.2, 0.25) is 0 Å². The zero-order valence-electron chi connectivity index (χ0n) is 9.42. The van der Waals surface area contributed by atoms with Crippen LogP contribution in [0.15, 0.2) is 34.0 Å². The molecule has 0 aliphatic rings. The zero-order valence-corrected chi connectivity index (χ0v) is 11.1. The van der Waals surface area contributed by atoms with Crippen molar-refractivity contribution in [3.05, 3.63) is 46.5 Å². The molecule has 2 aromatic rings. The first-order chi connectivity index (χ1) is 8.19. The minimum atomic E-state index is -1.08. The van der Waals surface area contributed by atoms with Crippen LogP contribution in [-0.2, 0) is 23.2 Å². The van der Waals surface area contributed by atoms with Gasteiger partial charge < -0.3 is 5.11 Å². The number of benzene rings is 1. The predicted molar refractivity (Wildman–Crippen MR) is 69.3 cm³/mol. The van der Waals surface area contributed by atoms with Gasteiger partial charge in [-0.05, 0) is 18.1 Å². The van der Waals surface area contributed by atoms with E-state index >= 15 is 0 Å². The molecule has 1 aromatic heterocycles. The second kappa shape index (κ2) is 5.53. The third kappa shape index (κ3) is 3.21. The van der Waals surface area contributed by atoms with E-state index in [-0.39, 0.29) is 6.61 Å². The molecule has 0 amide bonds. The quantitative estimate of drug-likeness (QED) is 0.924. The lowest BCUT2D eigenvalue weighted by Crippen LogP contribution is -1.96. The lowest BCUT2D eigenvalue weighted by molar-refractivity contribution is 0.282. The molecule has 0 fully saturated rings. The standard InChI is InChI=1S/C12H13NO2S2/c1-9-7-16-12(13-9)17(15)8-11-4-2-10(6-14)3-5-11/h2-5,7,14H,6,8H2,1H3. The number of aryl methyl sites for hydroxylation is 1. The normalized spacial score (nSPS) is 12.6. The largest absolute Gasteiger partial charge is 0.392 e. The highest BCUT2D eigenvalue weighted by atomic mass is 32.2. The van der Waals surface area contributed by atoms with Gasteiger partial charge in [0.1, 0.15) is 0 Å². The van der Waals surface area contributed by atoms with Crippen molar-refractivity contribution < 1.29 is 9.32 Å². The van der Waals surface area contributed by atoms with Gasteiger partial charge in [0.2, 0.25) is 0 Å². The summed E-state index contributed by atoms with van der Waals surface area (Å²) < 4.78 is 12.7. The van der Waals surface area contributed by atoms with E-state index in [4.69, 9.17) is 5.11 Å². The van der Waals surface area contributed by atoms with Crippen LogP contribution in [0.1, 0.15) is 16.8 Å². The van der Waals surface area contributed by atoms with E-state index in [9.17, 15) is 4.21 Å². The van der Waals surface area contributed by atoms with Crippen molar-refractivity contribution in [1.82, 2.24) is 4.98 Å². The molecule has 5 heteroatoms. The summed E-state index contributed by atoms with van der Waals surface area (Å²) in [7, 11) is -1.08. The first-order valence-electron chi connectivity index (χ1n) is 5.18. The highest BCUT2D eigenvalue weighted by Crippen LogP contribution is 2.17. The molecule has 90 valence electrons. The Morgan fingerprint density at radius 1 is 1.29 bits per heavy atom. The summed E-state index contributed by atoms with van der Waals surface area (Å²) >= 11 is 1.43. The van der Waals surface area contributed by atoms with Crippen LogP contribution in [-0.4, -0.2) is 14.3 Å². The monoisotopic (exact) mass is 267 g/mol. The van der Waals surface area contributed by atoms with Crippen molar-refractivity contribution in [3.63, 3.8) is 0 Å². The molecule has 0 radical (unpaired) electrons. The molecular formula is C12H13NO2S2. The van der Waals surface area contributed by atoms with E-state index in [1.54, 1.807) is 0 Å². The molecule has 0 bridgehead atoms. The third-order valence-corrected chi connectivity index (χ3v) is 4.97. The second-order valence-electron chi connectivity index (χ2n) is 3.72. The van der Waals surface area contributed by atoms with Gasteiger partial charge in [-0.2, -0.15) is 0 Å².